The van der Waals surface area contributed by atoms with E-state index in [0.29, 0.717) is 12.6 Å². The molecular weight excluding hydrogens is 298 g/mol. The summed E-state index contributed by atoms with van der Waals surface area (Å²) in [6, 6.07) is 17.1. The molecule has 0 fully saturated rings. The van der Waals surface area contributed by atoms with E-state index in [1.165, 1.54) is 11.1 Å². The van der Waals surface area contributed by atoms with Gasteiger partial charge in [-0.2, -0.15) is 0 Å². The van der Waals surface area contributed by atoms with Gasteiger partial charge in [0.15, 0.2) is 11.5 Å². The molecular formula is C21H27NO2. The van der Waals surface area contributed by atoms with E-state index in [-0.39, 0.29) is 0 Å². The van der Waals surface area contributed by atoms with Crippen molar-refractivity contribution in [2.45, 2.75) is 32.4 Å². The second-order valence-electron chi connectivity index (χ2n) is 5.89. The Morgan fingerprint density at radius 1 is 1.08 bits per heavy atom. The molecule has 0 aliphatic heterocycles. The molecule has 2 rings (SSSR count). The Balaban J connectivity index is 1.83. The van der Waals surface area contributed by atoms with Crippen molar-refractivity contribution in [2.24, 2.45) is 0 Å². The van der Waals surface area contributed by atoms with Gasteiger partial charge in [-0.3, -0.25) is 0 Å². The van der Waals surface area contributed by atoms with Crippen molar-refractivity contribution in [3.63, 3.8) is 0 Å². The molecule has 0 radical (unpaired) electrons. The van der Waals surface area contributed by atoms with Crippen LogP contribution in [0.4, 0.5) is 0 Å². The fourth-order valence-electron chi connectivity index (χ4n) is 2.51. The molecule has 2 aromatic carbocycles. The average Bonchev–Trinajstić information content (AvgIpc) is 2.64. The van der Waals surface area contributed by atoms with Crippen LogP contribution in [0.3, 0.4) is 0 Å². The highest BCUT2D eigenvalue weighted by atomic mass is 16.5. The lowest BCUT2D eigenvalue weighted by Gasteiger charge is -2.15. The number of hydrogen-bond acceptors (Lipinski definition) is 3. The first kappa shape index (κ1) is 18.1. The number of rotatable bonds is 10. The van der Waals surface area contributed by atoms with Gasteiger partial charge in [0.2, 0.25) is 0 Å². The van der Waals surface area contributed by atoms with E-state index in [1.54, 1.807) is 13.2 Å². The van der Waals surface area contributed by atoms with Gasteiger partial charge in [0.05, 0.1) is 7.11 Å². The van der Waals surface area contributed by atoms with Gasteiger partial charge >= 0.3 is 0 Å². The van der Waals surface area contributed by atoms with Gasteiger partial charge in [0, 0.05) is 12.6 Å². The van der Waals surface area contributed by atoms with E-state index in [0.717, 1.165) is 30.9 Å². The van der Waals surface area contributed by atoms with Crippen molar-refractivity contribution in [3.05, 3.63) is 72.3 Å². The average molecular weight is 325 g/mol. The lowest BCUT2D eigenvalue weighted by Crippen LogP contribution is -2.26. The van der Waals surface area contributed by atoms with Gasteiger partial charge in [0.25, 0.3) is 0 Å². The highest BCUT2D eigenvalue weighted by Crippen LogP contribution is 2.28. The molecule has 0 spiro atoms. The maximum Gasteiger partial charge on any atom is 0.161 e. The summed E-state index contributed by atoms with van der Waals surface area (Å²) in [6.45, 7) is 7.18. The molecule has 0 bridgehead atoms. The van der Waals surface area contributed by atoms with Crippen LogP contribution in [-0.2, 0) is 13.0 Å². The first-order chi connectivity index (χ1) is 11.7. The number of ether oxygens (including phenoxy) is 2. The number of nitrogens with one attached hydrogen (secondary N) is 1. The van der Waals surface area contributed by atoms with E-state index in [1.807, 2.05) is 12.1 Å². The summed E-state index contributed by atoms with van der Waals surface area (Å²) >= 11 is 0. The van der Waals surface area contributed by atoms with Crippen LogP contribution in [0.25, 0.3) is 0 Å². The molecule has 128 valence electrons. The Hall–Kier alpha value is -2.26. The van der Waals surface area contributed by atoms with Crippen LogP contribution in [0.15, 0.2) is 61.2 Å². The summed E-state index contributed by atoms with van der Waals surface area (Å²) in [4.78, 5) is 0. The monoisotopic (exact) mass is 325 g/mol. The fourth-order valence-corrected chi connectivity index (χ4v) is 2.51. The Morgan fingerprint density at radius 3 is 2.58 bits per heavy atom. The molecule has 0 saturated heterocycles. The summed E-state index contributed by atoms with van der Waals surface area (Å²) in [6.07, 6.45) is 3.93. The van der Waals surface area contributed by atoms with Crippen LogP contribution in [-0.4, -0.2) is 19.8 Å². The lowest BCUT2D eigenvalue weighted by atomic mass is 10.1. The van der Waals surface area contributed by atoms with Gasteiger partial charge in [0.1, 0.15) is 6.61 Å². The molecule has 3 nitrogen and oxygen atoms in total. The lowest BCUT2D eigenvalue weighted by molar-refractivity contribution is 0.326. The van der Waals surface area contributed by atoms with Crippen molar-refractivity contribution in [2.75, 3.05) is 13.7 Å². The van der Waals surface area contributed by atoms with Crippen molar-refractivity contribution >= 4 is 0 Å². The predicted molar refractivity (Wildman–Crippen MR) is 99.8 cm³/mol. The third-order valence-electron chi connectivity index (χ3n) is 3.95. The molecule has 3 heteroatoms. The summed E-state index contributed by atoms with van der Waals surface area (Å²) in [5.41, 5.74) is 2.57. The molecule has 0 heterocycles. The Bertz CT molecular complexity index is 625. The second-order valence-corrected chi connectivity index (χ2v) is 5.89. The minimum atomic E-state index is 0.452. The van der Waals surface area contributed by atoms with E-state index >= 15 is 0 Å². The first-order valence-electron chi connectivity index (χ1n) is 8.41. The van der Waals surface area contributed by atoms with Crippen LogP contribution in [0, 0.1) is 0 Å². The third-order valence-corrected chi connectivity index (χ3v) is 3.95. The molecule has 2 aromatic rings. The van der Waals surface area contributed by atoms with Crippen LogP contribution in [0.1, 0.15) is 24.5 Å². The zero-order valence-electron chi connectivity index (χ0n) is 14.6. The molecule has 0 amide bonds. The van der Waals surface area contributed by atoms with Gasteiger partial charge in [-0.1, -0.05) is 49.1 Å². The third kappa shape index (κ3) is 5.74. The summed E-state index contributed by atoms with van der Waals surface area (Å²) in [5.74, 6) is 1.51. The van der Waals surface area contributed by atoms with Crippen molar-refractivity contribution in [3.8, 4) is 11.5 Å². The number of aryl methyl sites for hydroxylation is 1. The maximum atomic E-state index is 5.58. The van der Waals surface area contributed by atoms with Crippen molar-refractivity contribution in [1.82, 2.24) is 5.32 Å². The van der Waals surface area contributed by atoms with Gasteiger partial charge in [-0.25, -0.2) is 0 Å². The molecule has 0 aliphatic carbocycles. The number of methoxy groups -OCH3 is 1. The Labute approximate surface area is 145 Å². The minimum Gasteiger partial charge on any atom is -0.493 e. The quantitative estimate of drug-likeness (QED) is 0.658. The molecule has 0 aliphatic rings. The largest absolute Gasteiger partial charge is 0.493 e. The smallest absolute Gasteiger partial charge is 0.161 e. The Morgan fingerprint density at radius 2 is 1.88 bits per heavy atom. The molecule has 1 N–H and O–H groups in total. The fraction of sp³-hybridized carbons (Fsp3) is 0.333. The first-order valence-corrected chi connectivity index (χ1v) is 8.41. The second kappa shape index (κ2) is 9.78. The van der Waals surface area contributed by atoms with Gasteiger partial charge in [-0.05, 0) is 43.0 Å². The SMILES string of the molecule is C=CCOc1ccc(CN[C@H](C)CCc2ccccc2)cc1OC. The number of benzene rings is 2. The van der Waals surface area contributed by atoms with Gasteiger partial charge in [-0.15, -0.1) is 0 Å². The molecule has 1 atom stereocenters. The van der Waals surface area contributed by atoms with Crippen LogP contribution >= 0.6 is 0 Å². The highest BCUT2D eigenvalue weighted by Gasteiger charge is 2.07. The normalized spacial score (nSPS) is 11.8. The highest BCUT2D eigenvalue weighted by molar-refractivity contribution is 5.43. The Kier molecular flexibility index (Phi) is 7.37. The molecule has 24 heavy (non-hydrogen) atoms. The standard InChI is InChI=1S/C21H27NO2/c1-4-14-24-20-13-12-19(15-21(20)23-3)16-22-17(2)10-11-18-8-6-5-7-9-18/h4-9,12-13,15,17,22H,1,10-11,14,16H2,2-3H3/t17-/m1/s1. The molecule has 0 saturated carbocycles. The van der Waals surface area contributed by atoms with Crippen molar-refractivity contribution < 1.29 is 9.47 Å². The van der Waals surface area contributed by atoms with Crippen molar-refractivity contribution in [1.29, 1.82) is 0 Å². The van der Waals surface area contributed by atoms with Crippen LogP contribution in [0.5, 0.6) is 11.5 Å². The maximum absolute atomic E-state index is 5.58. The summed E-state index contributed by atoms with van der Waals surface area (Å²) in [5, 5.41) is 3.57. The molecule has 0 unspecified atom stereocenters. The van der Waals surface area contributed by atoms with E-state index in [4.69, 9.17) is 9.47 Å². The zero-order valence-corrected chi connectivity index (χ0v) is 14.6. The van der Waals surface area contributed by atoms with E-state index in [9.17, 15) is 0 Å². The van der Waals surface area contributed by atoms with Gasteiger partial charge < -0.3 is 14.8 Å². The topological polar surface area (TPSA) is 30.5 Å². The zero-order chi connectivity index (χ0) is 17.2. The number of hydrogen-bond donors (Lipinski definition) is 1. The minimum absolute atomic E-state index is 0.452. The van der Waals surface area contributed by atoms with Crippen LogP contribution < -0.4 is 14.8 Å². The summed E-state index contributed by atoms with van der Waals surface area (Å²) in [7, 11) is 1.66. The molecule has 0 aromatic heterocycles. The predicted octanol–water partition coefficient (Wildman–Crippen LogP) is 4.37. The van der Waals surface area contributed by atoms with E-state index in [2.05, 4.69) is 55.2 Å². The summed E-state index contributed by atoms with van der Waals surface area (Å²) < 4.78 is 11.0. The van der Waals surface area contributed by atoms with Crippen LogP contribution in [0.2, 0.25) is 0 Å². The van der Waals surface area contributed by atoms with E-state index < -0.39 is 0 Å².